The van der Waals surface area contributed by atoms with Crippen molar-refractivity contribution in [3.8, 4) is 0 Å². The molecular formula is C14H20N2O5. The molecule has 0 unspecified atom stereocenters. The average molecular weight is 296 g/mol. The maximum atomic E-state index is 12.3. The van der Waals surface area contributed by atoms with Gasteiger partial charge < -0.3 is 10.0 Å². The second kappa shape index (κ2) is 6.24. The number of carboxylic acid groups (broad SMARTS) is 1. The predicted octanol–water partition coefficient (Wildman–Crippen LogP) is 0.287. The molecule has 1 aliphatic carbocycles. The first-order chi connectivity index (χ1) is 9.93. The summed E-state index contributed by atoms with van der Waals surface area (Å²) < 4.78 is 0. The standard InChI is InChI=1S/C14H20N2O5/c17-10-8-16(9-11(18)15-10)12(19)7-14(13(20)21)5-3-1-2-4-6-14/h1-9H2,(H,20,21)(H,15,17,18). The quantitative estimate of drug-likeness (QED) is 0.575. The van der Waals surface area contributed by atoms with Gasteiger partial charge in [0.15, 0.2) is 0 Å². The Labute approximate surface area is 122 Å². The molecule has 1 saturated carbocycles. The van der Waals surface area contributed by atoms with Crippen molar-refractivity contribution in [3.05, 3.63) is 0 Å². The number of hydrogen-bond acceptors (Lipinski definition) is 4. The molecular weight excluding hydrogens is 276 g/mol. The molecule has 3 amide bonds. The zero-order valence-corrected chi connectivity index (χ0v) is 11.9. The van der Waals surface area contributed by atoms with E-state index in [1.807, 2.05) is 0 Å². The minimum absolute atomic E-state index is 0.136. The third-order valence-corrected chi connectivity index (χ3v) is 4.30. The molecule has 0 aromatic rings. The van der Waals surface area contributed by atoms with Crippen LogP contribution in [0.1, 0.15) is 44.9 Å². The Morgan fingerprint density at radius 3 is 2.05 bits per heavy atom. The lowest BCUT2D eigenvalue weighted by Gasteiger charge is -2.32. The number of aliphatic carboxylic acids is 1. The summed E-state index contributed by atoms with van der Waals surface area (Å²) in [6.07, 6.45) is 4.35. The second-order valence-electron chi connectivity index (χ2n) is 5.90. The van der Waals surface area contributed by atoms with Crippen LogP contribution >= 0.6 is 0 Å². The van der Waals surface area contributed by atoms with Crippen molar-refractivity contribution in [2.45, 2.75) is 44.9 Å². The topological polar surface area (TPSA) is 104 Å². The lowest BCUT2D eigenvalue weighted by Crippen LogP contribution is -2.54. The van der Waals surface area contributed by atoms with Gasteiger partial charge in [-0.05, 0) is 12.8 Å². The normalized spacial score (nSPS) is 22.4. The summed E-state index contributed by atoms with van der Waals surface area (Å²) in [5.41, 5.74) is -1.05. The molecule has 1 heterocycles. The van der Waals surface area contributed by atoms with E-state index in [1.165, 1.54) is 0 Å². The van der Waals surface area contributed by atoms with Gasteiger partial charge in [0.25, 0.3) is 0 Å². The molecule has 0 aromatic carbocycles. The highest BCUT2D eigenvalue weighted by atomic mass is 16.4. The molecule has 0 atom stereocenters. The zero-order chi connectivity index (χ0) is 15.5. The Bertz CT molecular complexity index is 450. The van der Waals surface area contributed by atoms with E-state index < -0.39 is 29.1 Å². The van der Waals surface area contributed by atoms with E-state index in [-0.39, 0.29) is 19.5 Å². The zero-order valence-electron chi connectivity index (χ0n) is 11.9. The van der Waals surface area contributed by atoms with Gasteiger partial charge in [-0.15, -0.1) is 0 Å². The molecule has 2 aliphatic rings. The van der Waals surface area contributed by atoms with Crippen molar-refractivity contribution in [2.24, 2.45) is 5.41 Å². The number of carbonyl (C=O) groups excluding carboxylic acids is 3. The van der Waals surface area contributed by atoms with Crippen molar-refractivity contribution < 1.29 is 24.3 Å². The SMILES string of the molecule is O=C1CN(C(=O)CC2(C(=O)O)CCCCCC2)CC(=O)N1. The fourth-order valence-electron chi connectivity index (χ4n) is 3.09. The van der Waals surface area contributed by atoms with Gasteiger partial charge in [0.05, 0.1) is 5.41 Å². The fraction of sp³-hybridized carbons (Fsp3) is 0.714. The Kier molecular flexibility index (Phi) is 4.59. The molecule has 0 aromatic heterocycles. The lowest BCUT2D eigenvalue weighted by atomic mass is 9.77. The summed E-state index contributed by atoms with van der Waals surface area (Å²) in [6, 6.07) is 0. The van der Waals surface area contributed by atoms with Gasteiger partial charge in [0.1, 0.15) is 13.1 Å². The Hall–Kier alpha value is -1.92. The van der Waals surface area contributed by atoms with Gasteiger partial charge in [0, 0.05) is 6.42 Å². The minimum atomic E-state index is -1.05. The van der Waals surface area contributed by atoms with Gasteiger partial charge in [-0.2, -0.15) is 0 Å². The molecule has 0 bridgehead atoms. The maximum absolute atomic E-state index is 12.3. The van der Waals surface area contributed by atoms with E-state index in [2.05, 4.69) is 5.32 Å². The van der Waals surface area contributed by atoms with Crippen LogP contribution in [0.3, 0.4) is 0 Å². The van der Waals surface area contributed by atoms with E-state index in [1.54, 1.807) is 0 Å². The van der Waals surface area contributed by atoms with Gasteiger partial charge >= 0.3 is 5.97 Å². The number of amides is 3. The highest BCUT2D eigenvalue weighted by molar-refractivity contribution is 6.02. The summed E-state index contributed by atoms with van der Waals surface area (Å²) in [6.45, 7) is -0.361. The van der Waals surface area contributed by atoms with Crippen molar-refractivity contribution >= 4 is 23.7 Å². The summed E-state index contributed by atoms with van der Waals surface area (Å²) in [5.74, 6) is -2.43. The summed E-state index contributed by atoms with van der Waals surface area (Å²) in [5, 5.41) is 11.7. The van der Waals surface area contributed by atoms with Crippen LogP contribution in [0.2, 0.25) is 0 Å². The average Bonchev–Trinajstić information content (AvgIpc) is 2.64. The molecule has 116 valence electrons. The number of nitrogens with one attached hydrogen (secondary N) is 1. The molecule has 2 rings (SSSR count). The third-order valence-electron chi connectivity index (χ3n) is 4.30. The first-order valence-electron chi connectivity index (χ1n) is 7.27. The van der Waals surface area contributed by atoms with E-state index in [9.17, 15) is 24.3 Å². The molecule has 0 radical (unpaired) electrons. The second-order valence-corrected chi connectivity index (χ2v) is 5.90. The fourth-order valence-corrected chi connectivity index (χ4v) is 3.09. The number of piperazine rings is 1. The summed E-state index contributed by atoms with van der Waals surface area (Å²) in [7, 11) is 0. The van der Waals surface area contributed by atoms with Crippen LogP contribution < -0.4 is 5.32 Å². The van der Waals surface area contributed by atoms with Gasteiger partial charge in [-0.3, -0.25) is 24.5 Å². The molecule has 7 heteroatoms. The van der Waals surface area contributed by atoms with Crippen LogP contribution in [0.15, 0.2) is 0 Å². The minimum Gasteiger partial charge on any atom is -0.481 e. The number of hydrogen-bond donors (Lipinski definition) is 2. The highest BCUT2D eigenvalue weighted by Gasteiger charge is 2.42. The number of rotatable bonds is 3. The predicted molar refractivity (Wildman–Crippen MR) is 72.1 cm³/mol. The Morgan fingerprint density at radius 2 is 1.57 bits per heavy atom. The smallest absolute Gasteiger partial charge is 0.310 e. The van der Waals surface area contributed by atoms with Gasteiger partial charge in [-0.25, -0.2) is 0 Å². The molecule has 2 N–H and O–H groups in total. The van der Waals surface area contributed by atoms with E-state index in [0.29, 0.717) is 12.8 Å². The third kappa shape index (κ3) is 3.59. The van der Waals surface area contributed by atoms with Crippen LogP contribution in [0.25, 0.3) is 0 Å². The van der Waals surface area contributed by atoms with Crippen LogP contribution in [-0.2, 0) is 19.2 Å². The summed E-state index contributed by atoms with van der Waals surface area (Å²) in [4.78, 5) is 47.7. The molecule has 0 spiro atoms. The monoisotopic (exact) mass is 296 g/mol. The molecule has 1 saturated heterocycles. The van der Waals surface area contributed by atoms with Crippen LogP contribution in [0, 0.1) is 5.41 Å². The van der Waals surface area contributed by atoms with Crippen molar-refractivity contribution in [2.75, 3.05) is 13.1 Å². The van der Waals surface area contributed by atoms with Gasteiger partial charge in [0.2, 0.25) is 17.7 Å². The molecule has 1 aliphatic heterocycles. The van der Waals surface area contributed by atoms with E-state index in [4.69, 9.17) is 0 Å². The van der Waals surface area contributed by atoms with Crippen LogP contribution in [-0.4, -0.2) is 46.8 Å². The Balaban J connectivity index is 2.09. The number of nitrogens with zero attached hydrogens (tertiary/aromatic N) is 1. The lowest BCUT2D eigenvalue weighted by molar-refractivity contribution is -0.156. The van der Waals surface area contributed by atoms with Crippen LogP contribution in [0.4, 0.5) is 0 Å². The largest absolute Gasteiger partial charge is 0.481 e. The Morgan fingerprint density at radius 1 is 1.05 bits per heavy atom. The highest BCUT2D eigenvalue weighted by Crippen LogP contribution is 2.39. The molecule has 2 fully saturated rings. The maximum Gasteiger partial charge on any atom is 0.310 e. The molecule has 7 nitrogen and oxygen atoms in total. The van der Waals surface area contributed by atoms with Crippen molar-refractivity contribution in [3.63, 3.8) is 0 Å². The van der Waals surface area contributed by atoms with Crippen molar-refractivity contribution in [1.29, 1.82) is 0 Å². The number of carboxylic acids is 1. The van der Waals surface area contributed by atoms with Gasteiger partial charge in [-0.1, -0.05) is 25.7 Å². The number of carbonyl (C=O) groups is 4. The first-order valence-corrected chi connectivity index (χ1v) is 7.27. The molecule has 21 heavy (non-hydrogen) atoms. The van der Waals surface area contributed by atoms with E-state index in [0.717, 1.165) is 30.6 Å². The van der Waals surface area contributed by atoms with Crippen LogP contribution in [0.5, 0.6) is 0 Å². The first kappa shape index (κ1) is 15.5. The van der Waals surface area contributed by atoms with Crippen molar-refractivity contribution in [1.82, 2.24) is 10.2 Å². The summed E-state index contributed by atoms with van der Waals surface area (Å²) >= 11 is 0. The van der Waals surface area contributed by atoms with E-state index >= 15 is 0 Å². The number of imide groups is 1.